The first-order valence-electron chi connectivity index (χ1n) is 7.33. The van der Waals surface area contributed by atoms with Crippen LogP contribution in [0.2, 0.25) is 5.02 Å². The van der Waals surface area contributed by atoms with E-state index in [-0.39, 0.29) is 27.1 Å². The van der Waals surface area contributed by atoms with Crippen LogP contribution in [0, 0.1) is 12.7 Å². The molecular weight excluding hydrogens is 367 g/mol. The Labute approximate surface area is 153 Å². The van der Waals surface area contributed by atoms with Gasteiger partial charge in [-0.15, -0.1) is 0 Å². The number of hydrogen-bond donors (Lipinski definition) is 3. The molecule has 0 saturated heterocycles. The van der Waals surface area contributed by atoms with Crippen molar-refractivity contribution in [2.75, 3.05) is 5.32 Å². The van der Waals surface area contributed by atoms with Crippen molar-refractivity contribution < 1.29 is 13.7 Å². The number of thiocarbonyl (C=S) groups is 1. The molecule has 1 amide bonds. The number of hydrogen-bond acceptors (Lipinski definition) is 4. The maximum atomic E-state index is 14.4. The first kappa shape index (κ1) is 17.4. The number of nitrogens with zero attached hydrogens (tertiary/aromatic N) is 1. The third-order valence-electron chi connectivity index (χ3n) is 3.67. The summed E-state index contributed by atoms with van der Waals surface area (Å²) in [6, 6.07) is 5.07. The molecular formula is C16H14ClFN4O2S. The Morgan fingerprint density at radius 2 is 2.20 bits per heavy atom. The van der Waals surface area contributed by atoms with Gasteiger partial charge in [0, 0.05) is 22.3 Å². The first-order chi connectivity index (χ1) is 11.9. The Morgan fingerprint density at radius 3 is 2.84 bits per heavy atom. The number of carbonyl (C=O) groups excluding carboxylic acids is 1. The molecule has 3 N–H and O–H groups in total. The maximum absolute atomic E-state index is 14.4. The van der Waals surface area contributed by atoms with E-state index in [1.807, 2.05) is 0 Å². The van der Waals surface area contributed by atoms with Crippen molar-refractivity contribution >= 4 is 40.7 Å². The Hall–Kier alpha value is -2.45. The predicted octanol–water partition coefficient (Wildman–Crippen LogP) is 3.21. The zero-order chi connectivity index (χ0) is 18.1. The summed E-state index contributed by atoms with van der Waals surface area (Å²) in [7, 11) is 0. The lowest BCUT2D eigenvalue weighted by Gasteiger charge is -2.30. The van der Waals surface area contributed by atoms with Gasteiger partial charge in [-0.25, -0.2) is 4.39 Å². The number of nitrogens with one attached hydrogen (secondary N) is 3. The van der Waals surface area contributed by atoms with Crippen LogP contribution in [-0.4, -0.2) is 16.2 Å². The highest BCUT2D eigenvalue weighted by atomic mass is 35.5. The summed E-state index contributed by atoms with van der Waals surface area (Å²) in [6.45, 7) is 3.38. The quantitative estimate of drug-likeness (QED) is 0.710. The van der Waals surface area contributed by atoms with E-state index in [0.29, 0.717) is 11.5 Å². The summed E-state index contributed by atoms with van der Waals surface area (Å²) in [5, 5.41) is 12.6. The second-order valence-electron chi connectivity index (χ2n) is 5.48. The lowest BCUT2D eigenvalue weighted by molar-refractivity contribution is -0.113. The van der Waals surface area contributed by atoms with Crippen LogP contribution in [0.1, 0.15) is 24.3 Å². The third kappa shape index (κ3) is 3.49. The Bertz CT molecular complexity index is 876. The van der Waals surface area contributed by atoms with Gasteiger partial charge in [0.25, 0.3) is 5.91 Å². The van der Waals surface area contributed by atoms with Gasteiger partial charge in [0.2, 0.25) is 0 Å². The normalized spacial score (nSPS) is 17.1. The summed E-state index contributed by atoms with van der Waals surface area (Å²) in [5.41, 5.74) is 0.890. The van der Waals surface area contributed by atoms with Crippen LogP contribution >= 0.6 is 23.8 Å². The minimum absolute atomic E-state index is 0.147. The van der Waals surface area contributed by atoms with Gasteiger partial charge in [0.05, 0.1) is 11.6 Å². The van der Waals surface area contributed by atoms with Crippen molar-refractivity contribution in [1.82, 2.24) is 15.8 Å². The molecule has 9 heteroatoms. The molecule has 1 aliphatic rings. The van der Waals surface area contributed by atoms with Crippen LogP contribution in [0.3, 0.4) is 0 Å². The second kappa shape index (κ2) is 6.81. The fraction of sp³-hybridized carbons (Fsp3) is 0.188. The highest BCUT2D eigenvalue weighted by Gasteiger charge is 2.33. The highest BCUT2D eigenvalue weighted by molar-refractivity contribution is 7.80. The SMILES string of the molecule is CC1=C(C(=O)Nc2cc(C)on2)[C@H](c2c(F)cccc2Cl)NC(=S)N1. The van der Waals surface area contributed by atoms with Gasteiger partial charge >= 0.3 is 0 Å². The summed E-state index contributed by atoms with van der Waals surface area (Å²) in [5.74, 6) is -0.201. The first-order valence-corrected chi connectivity index (χ1v) is 8.12. The van der Waals surface area contributed by atoms with Crippen molar-refractivity contribution in [3.8, 4) is 0 Å². The van der Waals surface area contributed by atoms with Crippen LogP contribution in [0.25, 0.3) is 0 Å². The number of rotatable bonds is 3. The Morgan fingerprint density at radius 1 is 1.44 bits per heavy atom. The molecule has 130 valence electrons. The van der Waals surface area contributed by atoms with Crippen molar-refractivity contribution in [1.29, 1.82) is 0 Å². The van der Waals surface area contributed by atoms with Crippen LogP contribution in [0.15, 0.2) is 40.1 Å². The van der Waals surface area contributed by atoms with E-state index < -0.39 is 17.8 Å². The molecule has 0 unspecified atom stereocenters. The molecule has 0 radical (unpaired) electrons. The van der Waals surface area contributed by atoms with Crippen LogP contribution < -0.4 is 16.0 Å². The molecule has 0 fully saturated rings. The molecule has 3 rings (SSSR count). The largest absolute Gasteiger partial charge is 0.360 e. The molecule has 0 aliphatic carbocycles. The van der Waals surface area contributed by atoms with Gasteiger partial charge in [-0.05, 0) is 38.2 Å². The number of allylic oxidation sites excluding steroid dienone is 1. The van der Waals surface area contributed by atoms with E-state index in [1.54, 1.807) is 26.0 Å². The van der Waals surface area contributed by atoms with Crippen molar-refractivity contribution in [2.45, 2.75) is 19.9 Å². The minimum Gasteiger partial charge on any atom is -0.360 e. The van der Waals surface area contributed by atoms with E-state index in [9.17, 15) is 9.18 Å². The van der Waals surface area contributed by atoms with Gasteiger partial charge in [-0.2, -0.15) is 0 Å². The topological polar surface area (TPSA) is 79.2 Å². The lowest BCUT2D eigenvalue weighted by Crippen LogP contribution is -2.46. The molecule has 1 atom stereocenters. The van der Waals surface area contributed by atoms with Gasteiger partial charge in [0.15, 0.2) is 10.9 Å². The van der Waals surface area contributed by atoms with E-state index >= 15 is 0 Å². The average Bonchev–Trinajstić information content (AvgIpc) is 2.91. The molecule has 0 bridgehead atoms. The molecule has 0 saturated carbocycles. The van der Waals surface area contributed by atoms with Gasteiger partial charge < -0.3 is 20.5 Å². The minimum atomic E-state index is -0.838. The molecule has 0 spiro atoms. The Balaban J connectivity index is 2.02. The smallest absolute Gasteiger partial charge is 0.257 e. The number of carbonyl (C=O) groups is 1. The molecule has 1 aromatic carbocycles. The summed E-state index contributed by atoms with van der Waals surface area (Å²) < 4.78 is 19.3. The molecule has 1 aromatic heterocycles. The molecule has 6 nitrogen and oxygen atoms in total. The number of halogens is 2. The van der Waals surface area contributed by atoms with Crippen molar-refractivity contribution in [3.63, 3.8) is 0 Å². The lowest BCUT2D eigenvalue weighted by atomic mass is 9.94. The zero-order valence-electron chi connectivity index (χ0n) is 13.3. The average molecular weight is 381 g/mol. The van der Waals surface area contributed by atoms with E-state index in [0.717, 1.165) is 0 Å². The number of aryl methyl sites for hydroxylation is 1. The third-order valence-corrected chi connectivity index (χ3v) is 4.22. The summed E-state index contributed by atoms with van der Waals surface area (Å²) >= 11 is 11.3. The number of anilines is 1. The monoisotopic (exact) mass is 380 g/mol. The Kier molecular flexibility index (Phi) is 4.73. The van der Waals surface area contributed by atoms with Crippen LogP contribution in [0.4, 0.5) is 10.2 Å². The zero-order valence-corrected chi connectivity index (χ0v) is 14.9. The molecule has 1 aliphatic heterocycles. The standard InChI is InChI=1S/C16H14ClFN4O2S/c1-7-6-11(22-24-7)20-15(23)12-8(2)19-16(25)21-14(12)13-9(17)4-3-5-10(13)18/h3-6,14H,1-2H3,(H2,19,21,25)(H,20,22,23)/t14-/m1/s1. The molecule has 2 heterocycles. The van der Waals surface area contributed by atoms with Crippen LogP contribution in [0.5, 0.6) is 0 Å². The molecule has 2 aromatic rings. The fourth-order valence-electron chi connectivity index (χ4n) is 2.61. The number of amides is 1. The second-order valence-corrected chi connectivity index (χ2v) is 6.30. The highest BCUT2D eigenvalue weighted by Crippen LogP contribution is 2.33. The fourth-order valence-corrected chi connectivity index (χ4v) is 3.15. The summed E-state index contributed by atoms with van der Waals surface area (Å²) in [6.07, 6.45) is 0. The molecule has 25 heavy (non-hydrogen) atoms. The van der Waals surface area contributed by atoms with E-state index in [4.69, 9.17) is 28.3 Å². The van der Waals surface area contributed by atoms with Gasteiger partial charge in [0.1, 0.15) is 11.6 Å². The number of benzene rings is 1. The predicted molar refractivity (Wildman–Crippen MR) is 95.6 cm³/mol. The maximum Gasteiger partial charge on any atom is 0.257 e. The van der Waals surface area contributed by atoms with E-state index in [1.165, 1.54) is 12.1 Å². The number of aromatic nitrogens is 1. The van der Waals surface area contributed by atoms with Crippen LogP contribution in [-0.2, 0) is 4.79 Å². The van der Waals surface area contributed by atoms with Gasteiger partial charge in [-0.3, -0.25) is 4.79 Å². The van der Waals surface area contributed by atoms with Gasteiger partial charge in [-0.1, -0.05) is 22.8 Å². The summed E-state index contributed by atoms with van der Waals surface area (Å²) in [4.78, 5) is 12.8. The van der Waals surface area contributed by atoms with Crippen molar-refractivity contribution in [3.05, 3.63) is 57.7 Å². The van der Waals surface area contributed by atoms with Crippen molar-refractivity contribution in [2.24, 2.45) is 0 Å². The van der Waals surface area contributed by atoms with E-state index in [2.05, 4.69) is 21.1 Å².